The molecular formula is C40H48N14O16S. The zero-order valence-corrected chi connectivity index (χ0v) is 37.8. The van der Waals surface area contributed by atoms with Crippen LogP contribution in [0.3, 0.4) is 0 Å². The maximum Gasteiger partial charge on any atom is 0.394 e. The quantitative estimate of drug-likeness (QED) is 0.0626. The molecule has 2 saturated heterocycles. The molecule has 2 fully saturated rings. The van der Waals surface area contributed by atoms with Crippen LogP contribution in [0.5, 0.6) is 0 Å². The number of hydrogen-bond donors (Lipinski definition) is 14. The number of hydrogen-bond acceptors (Lipinski definition) is 20. The number of carbonyl (C=O) groups excluding carboxylic acids is 2. The van der Waals surface area contributed by atoms with Crippen LogP contribution in [0, 0.1) is 0 Å². The lowest BCUT2D eigenvalue weighted by atomic mass is 10.1. The highest BCUT2D eigenvalue weighted by atomic mass is 32.3. The SMILES string of the molecule is Nc1nc2c(c(=O)[nH]1)N1CN(c3ccc(C(=O)N[C@@H](CCC(=O)O)C(=O)O)cc3)C[C@H]1CN2.Nc1nc2c(c(=O)[nH]1)N1CN(c3ccc(C(=O)N[C@@H](CCC(=O)O)C(=O)O)cc3)C[C@H]1CN2.O=S(=O)(O)O. The minimum atomic E-state index is -4.67. The van der Waals surface area contributed by atoms with Crippen LogP contribution in [0.1, 0.15) is 46.4 Å². The van der Waals surface area contributed by atoms with Gasteiger partial charge in [-0.1, -0.05) is 0 Å². The van der Waals surface area contributed by atoms with Crippen LogP contribution >= 0.6 is 0 Å². The van der Waals surface area contributed by atoms with Crippen molar-refractivity contribution < 1.29 is 66.7 Å². The molecule has 6 heterocycles. The normalized spacial score (nSPS) is 17.1. The number of nitrogens with zero attached hydrogens (tertiary/aromatic N) is 6. The highest BCUT2D eigenvalue weighted by Gasteiger charge is 2.39. The Morgan fingerprint density at radius 1 is 0.634 bits per heavy atom. The van der Waals surface area contributed by atoms with Gasteiger partial charge in [-0.25, -0.2) is 9.59 Å². The van der Waals surface area contributed by atoms with E-state index in [-0.39, 0.29) is 71.9 Å². The van der Waals surface area contributed by atoms with Crippen molar-refractivity contribution in [2.75, 3.05) is 81.2 Å². The summed E-state index contributed by atoms with van der Waals surface area (Å²) in [6, 6.07) is 10.7. The van der Waals surface area contributed by atoms with Crippen molar-refractivity contribution in [3.8, 4) is 0 Å². The first-order valence-electron chi connectivity index (χ1n) is 21.2. The van der Waals surface area contributed by atoms with Crippen molar-refractivity contribution in [3.63, 3.8) is 0 Å². The topological polar surface area (TPSA) is 463 Å². The van der Waals surface area contributed by atoms with Gasteiger partial charge in [-0.3, -0.25) is 47.8 Å². The summed E-state index contributed by atoms with van der Waals surface area (Å²) >= 11 is 0. The summed E-state index contributed by atoms with van der Waals surface area (Å²) < 4.78 is 31.6. The standard InChI is InChI=1S/2C20H23N7O6.H2O4S/c2*21-20-24-16-15(18(31)25-20)27-9-26(8-12(27)7-22-16)11-3-1-10(2-4-11)17(30)23-13(19(32)33)5-6-14(28)29;1-5(2,3)4/h2*1-4,12-13H,5-9H2,(H,23,30)(H,28,29)(H,32,33)(H4,21,22,24,25,31);(H2,1,2,3,4)/t2*12-,13+;/m11./s1. The van der Waals surface area contributed by atoms with Crippen LogP contribution in [0.25, 0.3) is 0 Å². The predicted octanol–water partition coefficient (Wildman–Crippen LogP) is -1.70. The van der Waals surface area contributed by atoms with E-state index in [0.717, 1.165) is 11.4 Å². The van der Waals surface area contributed by atoms with E-state index in [2.05, 4.69) is 41.2 Å². The first-order chi connectivity index (χ1) is 33.4. The van der Waals surface area contributed by atoms with Crippen LogP contribution < -0.4 is 63.5 Å². The Morgan fingerprint density at radius 2 is 0.972 bits per heavy atom. The Labute approximate surface area is 400 Å². The zero-order chi connectivity index (χ0) is 51.9. The Hall–Kier alpha value is -8.71. The first kappa shape index (κ1) is 51.7. The summed E-state index contributed by atoms with van der Waals surface area (Å²) in [5.41, 5.74) is 13.6. The molecule has 0 unspecified atom stereocenters. The number of fused-ring (bicyclic) bond motifs is 6. The summed E-state index contributed by atoms with van der Waals surface area (Å²) in [6.45, 7) is 3.33. The molecule has 0 spiro atoms. The smallest absolute Gasteiger partial charge is 0.394 e. The van der Waals surface area contributed by atoms with Crippen LogP contribution in [-0.4, -0.2) is 157 Å². The highest BCUT2D eigenvalue weighted by Crippen LogP contribution is 2.34. The summed E-state index contributed by atoms with van der Waals surface area (Å²) in [7, 11) is -4.67. The molecule has 16 N–H and O–H groups in total. The molecule has 4 aliphatic rings. The average molecular weight is 1010 g/mol. The molecule has 4 atom stereocenters. The van der Waals surface area contributed by atoms with E-state index in [0.29, 0.717) is 62.5 Å². The lowest BCUT2D eigenvalue weighted by molar-refractivity contribution is -0.142. The summed E-state index contributed by atoms with van der Waals surface area (Å²) in [5, 5.41) is 46.9. The van der Waals surface area contributed by atoms with E-state index in [1.54, 1.807) is 48.5 Å². The molecule has 2 aromatic carbocycles. The molecule has 4 aromatic rings. The van der Waals surface area contributed by atoms with Gasteiger partial charge in [-0.2, -0.15) is 18.4 Å². The molecule has 380 valence electrons. The van der Waals surface area contributed by atoms with Crippen LogP contribution in [0.2, 0.25) is 0 Å². The molecule has 0 radical (unpaired) electrons. The van der Waals surface area contributed by atoms with Gasteiger partial charge in [0.25, 0.3) is 22.9 Å². The fourth-order valence-corrected chi connectivity index (χ4v) is 8.01. The number of aromatic amines is 2. The van der Waals surface area contributed by atoms with Crippen molar-refractivity contribution in [1.29, 1.82) is 0 Å². The molecule has 2 aromatic heterocycles. The van der Waals surface area contributed by atoms with Crippen molar-refractivity contribution in [3.05, 3.63) is 80.4 Å². The van der Waals surface area contributed by atoms with Crippen molar-refractivity contribution in [1.82, 2.24) is 30.6 Å². The number of carboxylic acids is 4. The number of amides is 2. The number of nitrogens with one attached hydrogen (secondary N) is 6. The molecule has 0 aliphatic carbocycles. The molecular weight excluding hydrogens is 965 g/mol. The second-order valence-corrected chi connectivity index (χ2v) is 17.1. The monoisotopic (exact) mass is 1010 g/mol. The summed E-state index contributed by atoms with van der Waals surface area (Å²) in [6.07, 6.45) is -1.17. The van der Waals surface area contributed by atoms with Crippen LogP contribution in [0.15, 0.2) is 58.1 Å². The number of anilines is 8. The van der Waals surface area contributed by atoms with Gasteiger partial charge >= 0.3 is 34.3 Å². The van der Waals surface area contributed by atoms with Crippen molar-refractivity contribution in [2.45, 2.75) is 49.9 Å². The second-order valence-electron chi connectivity index (χ2n) is 16.2. The number of carbonyl (C=O) groups is 6. The van der Waals surface area contributed by atoms with Gasteiger partial charge in [0.2, 0.25) is 11.9 Å². The maximum absolute atomic E-state index is 12.4. The molecule has 8 rings (SSSR count). The van der Waals surface area contributed by atoms with E-state index < -0.39 is 58.2 Å². The number of carboxylic acid groups (broad SMARTS) is 4. The Morgan fingerprint density at radius 3 is 1.28 bits per heavy atom. The first-order valence-corrected chi connectivity index (χ1v) is 22.6. The van der Waals surface area contributed by atoms with Crippen molar-refractivity contribution >= 4 is 92.4 Å². The van der Waals surface area contributed by atoms with Gasteiger partial charge in [-0.05, 0) is 61.4 Å². The lowest BCUT2D eigenvalue weighted by Gasteiger charge is -2.31. The Balaban J connectivity index is 0.000000212. The van der Waals surface area contributed by atoms with Gasteiger partial charge < -0.3 is 72.8 Å². The van der Waals surface area contributed by atoms with Crippen LogP contribution in [-0.2, 0) is 29.6 Å². The molecule has 2 amide bonds. The fourth-order valence-electron chi connectivity index (χ4n) is 8.01. The molecule has 71 heavy (non-hydrogen) atoms. The third-order valence-corrected chi connectivity index (χ3v) is 11.3. The third-order valence-electron chi connectivity index (χ3n) is 11.3. The molecule has 0 bridgehead atoms. The predicted molar refractivity (Wildman–Crippen MR) is 251 cm³/mol. The number of nitrogens with two attached hydrogens (primary N) is 2. The fraction of sp³-hybridized carbons (Fsp3) is 0.350. The zero-order valence-electron chi connectivity index (χ0n) is 37.0. The molecule has 4 aliphatic heterocycles. The van der Waals surface area contributed by atoms with Gasteiger partial charge in [0, 0.05) is 61.5 Å². The number of benzene rings is 2. The molecule has 0 saturated carbocycles. The average Bonchev–Trinajstić information content (AvgIpc) is 3.93. The minimum Gasteiger partial charge on any atom is -0.481 e. The number of nitrogen functional groups attached to an aromatic ring is 2. The lowest BCUT2D eigenvalue weighted by Crippen LogP contribution is -2.44. The third kappa shape index (κ3) is 13.3. The number of rotatable bonds is 14. The van der Waals surface area contributed by atoms with Gasteiger partial charge in [0.05, 0.1) is 25.4 Å². The number of aliphatic carboxylic acids is 4. The van der Waals surface area contributed by atoms with E-state index in [9.17, 15) is 48.6 Å². The number of aromatic nitrogens is 4. The Kier molecular flexibility index (Phi) is 15.8. The van der Waals surface area contributed by atoms with E-state index in [1.807, 2.05) is 19.6 Å². The van der Waals surface area contributed by atoms with Gasteiger partial charge in [0.15, 0.2) is 11.6 Å². The van der Waals surface area contributed by atoms with Gasteiger partial charge in [-0.15, -0.1) is 0 Å². The van der Waals surface area contributed by atoms with Crippen molar-refractivity contribution in [2.24, 2.45) is 0 Å². The molecule has 31 heteroatoms. The Bertz CT molecular complexity index is 2730. The number of H-pyrrole nitrogens is 2. The van der Waals surface area contributed by atoms with Crippen LogP contribution in [0.4, 0.5) is 46.3 Å². The van der Waals surface area contributed by atoms with E-state index in [4.69, 9.17) is 39.2 Å². The summed E-state index contributed by atoms with van der Waals surface area (Å²) in [5.74, 6) is -5.11. The highest BCUT2D eigenvalue weighted by molar-refractivity contribution is 7.79. The largest absolute Gasteiger partial charge is 0.481 e. The van der Waals surface area contributed by atoms with E-state index in [1.165, 1.54) is 0 Å². The molecule has 30 nitrogen and oxygen atoms in total. The maximum atomic E-state index is 12.4. The van der Waals surface area contributed by atoms with E-state index >= 15 is 0 Å². The minimum absolute atomic E-state index is 0.0394. The summed E-state index contributed by atoms with van der Waals surface area (Å²) in [4.78, 5) is 115. The second kappa shape index (κ2) is 21.7. The van der Waals surface area contributed by atoms with Gasteiger partial charge in [0.1, 0.15) is 23.5 Å².